The van der Waals surface area contributed by atoms with Crippen LogP contribution in [0.1, 0.15) is 22.3 Å². The number of anilines is 1. The van der Waals surface area contributed by atoms with E-state index in [-0.39, 0.29) is 11.9 Å². The molecule has 0 bridgehead atoms. The molecule has 1 aliphatic rings. The molecule has 0 spiro atoms. The van der Waals surface area contributed by atoms with Crippen molar-refractivity contribution in [3.05, 3.63) is 65.7 Å². The van der Waals surface area contributed by atoms with E-state index in [0.717, 1.165) is 30.6 Å². The van der Waals surface area contributed by atoms with Crippen LogP contribution in [0.3, 0.4) is 0 Å². The van der Waals surface area contributed by atoms with Crippen LogP contribution in [-0.4, -0.2) is 25.0 Å². The maximum Gasteiger partial charge on any atom is 0.251 e. The number of carbonyl (C=O) groups excluding carboxylic acids is 1. The third-order valence-corrected chi connectivity index (χ3v) is 4.03. The molecule has 0 aliphatic carbocycles. The molecule has 0 radical (unpaired) electrons. The third kappa shape index (κ3) is 3.07. The van der Waals surface area contributed by atoms with Gasteiger partial charge in [0, 0.05) is 30.4 Å². The summed E-state index contributed by atoms with van der Waals surface area (Å²) in [4.78, 5) is 14.7. The Kier molecular flexibility index (Phi) is 3.91. The van der Waals surface area contributed by atoms with Crippen molar-refractivity contribution in [3.8, 4) is 0 Å². The zero-order chi connectivity index (χ0) is 14.7. The number of amides is 1. The number of nitrogens with zero attached hydrogens (tertiary/aromatic N) is 1. The van der Waals surface area contributed by atoms with Crippen molar-refractivity contribution in [1.82, 2.24) is 5.32 Å². The number of hydrogen-bond donors (Lipinski definition) is 1. The lowest BCUT2D eigenvalue weighted by molar-refractivity contribution is 0.0940. The molecule has 2 aromatic rings. The standard InChI is InChI=1S/C18H20N2O/c1-14-7-5-6-10-17(14)18(21)19-15-11-12-20(13-15)16-8-3-2-4-9-16/h2-10,15H,11-13H2,1H3,(H,19,21). The predicted octanol–water partition coefficient (Wildman–Crippen LogP) is 3.00. The maximum atomic E-state index is 12.3. The van der Waals surface area contributed by atoms with Gasteiger partial charge < -0.3 is 10.2 Å². The highest BCUT2D eigenvalue weighted by atomic mass is 16.1. The molecule has 1 amide bonds. The topological polar surface area (TPSA) is 32.3 Å². The molecule has 1 N–H and O–H groups in total. The fraction of sp³-hybridized carbons (Fsp3) is 0.278. The molecule has 108 valence electrons. The summed E-state index contributed by atoms with van der Waals surface area (Å²) in [7, 11) is 0. The van der Waals surface area contributed by atoms with Crippen LogP contribution in [0.2, 0.25) is 0 Å². The molecule has 0 aromatic heterocycles. The van der Waals surface area contributed by atoms with E-state index >= 15 is 0 Å². The van der Waals surface area contributed by atoms with Gasteiger partial charge in [-0.1, -0.05) is 36.4 Å². The van der Waals surface area contributed by atoms with E-state index in [4.69, 9.17) is 0 Å². The summed E-state index contributed by atoms with van der Waals surface area (Å²) in [5, 5.41) is 3.16. The third-order valence-electron chi connectivity index (χ3n) is 4.03. The van der Waals surface area contributed by atoms with Crippen molar-refractivity contribution in [2.45, 2.75) is 19.4 Å². The number of rotatable bonds is 3. The molecule has 3 rings (SSSR count). The van der Waals surface area contributed by atoms with Crippen molar-refractivity contribution >= 4 is 11.6 Å². The zero-order valence-electron chi connectivity index (χ0n) is 12.3. The quantitative estimate of drug-likeness (QED) is 0.937. The van der Waals surface area contributed by atoms with Gasteiger partial charge in [0.25, 0.3) is 5.91 Å². The van der Waals surface area contributed by atoms with E-state index in [2.05, 4.69) is 34.5 Å². The minimum atomic E-state index is 0.0352. The molecule has 1 fully saturated rings. The minimum Gasteiger partial charge on any atom is -0.369 e. The van der Waals surface area contributed by atoms with Crippen LogP contribution in [0.15, 0.2) is 54.6 Å². The van der Waals surface area contributed by atoms with Crippen molar-refractivity contribution in [2.24, 2.45) is 0 Å². The van der Waals surface area contributed by atoms with Crippen molar-refractivity contribution < 1.29 is 4.79 Å². The van der Waals surface area contributed by atoms with Crippen molar-refractivity contribution in [2.75, 3.05) is 18.0 Å². The van der Waals surface area contributed by atoms with E-state index < -0.39 is 0 Å². The van der Waals surface area contributed by atoms with E-state index in [9.17, 15) is 4.79 Å². The number of carbonyl (C=O) groups is 1. The average molecular weight is 280 g/mol. The van der Waals surface area contributed by atoms with Crippen LogP contribution in [0.25, 0.3) is 0 Å². The first kappa shape index (κ1) is 13.7. The largest absolute Gasteiger partial charge is 0.369 e. The molecular weight excluding hydrogens is 260 g/mol. The van der Waals surface area contributed by atoms with Crippen LogP contribution in [0.5, 0.6) is 0 Å². The first-order valence-electron chi connectivity index (χ1n) is 7.40. The fourth-order valence-electron chi connectivity index (χ4n) is 2.84. The first-order chi connectivity index (χ1) is 10.2. The second-order valence-corrected chi connectivity index (χ2v) is 5.56. The molecule has 1 heterocycles. The van der Waals surface area contributed by atoms with Crippen LogP contribution < -0.4 is 10.2 Å². The highest BCUT2D eigenvalue weighted by Crippen LogP contribution is 2.20. The monoisotopic (exact) mass is 280 g/mol. The lowest BCUT2D eigenvalue weighted by Gasteiger charge is -2.19. The Balaban J connectivity index is 1.63. The Morgan fingerprint density at radius 2 is 1.81 bits per heavy atom. The van der Waals surface area contributed by atoms with Crippen molar-refractivity contribution in [3.63, 3.8) is 0 Å². The van der Waals surface area contributed by atoms with E-state index in [1.807, 2.05) is 37.3 Å². The first-order valence-corrected chi connectivity index (χ1v) is 7.40. The number of para-hydroxylation sites is 1. The zero-order valence-corrected chi connectivity index (χ0v) is 12.3. The van der Waals surface area contributed by atoms with Crippen LogP contribution in [-0.2, 0) is 0 Å². The van der Waals surface area contributed by atoms with E-state index in [1.165, 1.54) is 5.69 Å². The van der Waals surface area contributed by atoms with Gasteiger partial charge in [-0.25, -0.2) is 0 Å². The minimum absolute atomic E-state index is 0.0352. The molecule has 1 unspecified atom stereocenters. The molecule has 3 heteroatoms. The van der Waals surface area contributed by atoms with Gasteiger partial charge in [0.15, 0.2) is 0 Å². The smallest absolute Gasteiger partial charge is 0.251 e. The Hall–Kier alpha value is -2.29. The van der Waals surface area contributed by atoms with Gasteiger partial charge in [0.2, 0.25) is 0 Å². The molecule has 0 saturated carbocycles. The molecule has 1 atom stereocenters. The molecule has 21 heavy (non-hydrogen) atoms. The normalized spacial score (nSPS) is 17.8. The van der Waals surface area contributed by atoms with Gasteiger partial charge in [0.1, 0.15) is 0 Å². The van der Waals surface area contributed by atoms with Crippen molar-refractivity contribution in [1.29, 1.82) is 0 Å². The van der Waals surface area contributed by atoms with Crippen LogP contribution in [0, 0.1) is 6.92 Å². The van der Waals surface area contributed by atoms with Gasteiger partial charge in [-0.3, -0.25) is 4.79 Å². The summed E-state index contributed by atoms with van der Waals surface area (Å²) < 4.78 is 0. The van der Waals surface area contributed by atoms with Gasteiger partial charge in [-0.2, -0.15) is 0 Å². The fourth-order valence-corrected chi connectivity index (χ4v) is 2.84. The Labute approximate surface area is 125 Å². The van der Waals surface area contributed by atoms with E-state index in [1.54, 1.807) is 0 Å². The highest BCUT2D eigenvalue weighted by molar-refractivity contribution is 5.95. The summed E-state index contributed by atoms with van der Waals surface area (Å²) in [6.45, 7) is 3.84. The summed E-state index contributed by atoms with van der Waals surface area (Å²) in [6, 6.07) is 18.3. The lowest BCUT2D eigenvalue weighted by atomic mass is 10.1. The Morgan fingerprint density at radius 3 is 2.57 bits per heavy atom. The molecule has 3 nitrogen and oxygen atoms in total. The number of nitrogens with one attached hydrogen (secondary N) is 1. The number of benzene rings is 2. The van der Waals surface area contributed by atoms with Gasteiger partial charge in [-0.15, -0.1) is 0 Å². The second kappa shape index (κ2) is 6.00. The lowest BCUT2D eigenvalue weighted by Crippen LogP contribution is -2.37. The predicted molar refractivity (Wildman–Crippen MR) is 85.7 cm³/mol. The van der Waals surface area contributed by atoms with E-state index in [0.29, 0.717) is 0 Å². The second-order valence-electron chi connectivity index (χ2n) is 5.56. The number of hydrogen-bond acceptors (Lipinski definition) is 2. The number of aryl methyl sites for hydroxylation is 1. The summed E-state index contributed by atoms with van der Waals surface area (Å²) in [5.74, 6) is 0.0352. The molecule has 1 aliphatic heterocycles. The summed E-state index contributed by atoms with van der Waals surface area (Å²) >= 11 is 0. The van der Waals surface area contributed by atoms with Gasteiger partial charge >= 0.3 is 0 Å². The Bertz CT molecular complexity index is 624. The maximum absolute atomic E-state index is 12.3. The molecule has 1 saturated heterocycles. The SMILES string of the molecule is Cc1ccccc1C(=O)NC1CCN(c2ccccc2)C1. The summed E-state index contributed by atoms with van der Waals surface area (Å²) in [6.07, 6.45) is 0.993. The average Bonchev–Trinajstić information content (AvgIpc) is 2.97. The van der Waals surface area contributed by atoms with Crippen LogP contribution in [0.4, 0.5) is 5.69 Å². The molecular formula is C18H20N2O. The van der Waals surface area contributed by atoms with Crippen LogP contribution >= 0.6 is 0 Å². The highest BCUT2D eigenvalue weighted by Gasteiger charge is 2.24. The molecule has 2 aromatic carbocycles. The van der Waals surface area contributed by atoms with Gasteiger partial charge in [-0.05, 0) is 37.1 Å². The summed E-state index contributed by atoms with van der Waals surface area (Å²) in [5.41, 5.74) is 3.02. The van der Waals surface area contributed by atoms with Gasteiger partial charge in [0.05, 0.1) is 0 Å². The Morgan fingerprint density at radius 1 is 1.10 bits per heavy atom.